The third-order valence-corrected chi connectivity index (χ3v) is 3.48. The number of pyridine rings is 1. The lowest BCUT2D eigenvalue weighted by Gasteiger charge is -2.14. The fourth-order valence-electron chi connectivity index (χ4n) is 2.09. The van der Waals surface area contributed by atoms with Crippen LogP contribution in [0.4, 0.5) is 0 Å². The summed E-state index contributed by atoms with van der Waals surface area (Å²) >= 11 is 0. The van der Waals surface area contributed by atoms with E-state index in [9.17, 15) is 4.79 Å². The summed E-state index contributed by atoms with van der Waals surface area (Å²) in [5.74, 6) is 0.648. The van der Waals surface area contributed by atoms with Crippen LogP contribution in [0.1, 0.15) is 24.6 Å². The van der Waals surface area contributed by atoms with Crippen molar-refractivity contribution in [3.63, 3.8) is 0 Å². The Morgan fingerprint density at radius 2 is 2.04 bits per heavy atom. The first-order valence-corrected chi connectivity index (χ1v) is 7.73. The van der Waals surface area contributed by atoms with Gasteiger partial charge in [0.05, 0.1) is 24.8 Å². The van der Waals surface area contributed by atoms with Gasteiger partial charge in [0.25, 0.3) is 0 Å². The highest BCUT2D eigenvalue weighted by molar-refractivity contribution is 5.78. The van der Waals surface area contributed by atoms with Gasteiger partial charge in [-0.3, -0.25) is 9.78 Å². The fraction of sp³-hybridized carbons (Fsp3) is 0.333. The van der Waals surface area contributed by atoms with E-state index in [1.54, 1.807) is 6.20 Å². The monoisotopic (exact) mass is 314 g/mol. The summed E-state index contributed by atoms with van der Waals surface area (Å²) in [6.45, 7) is 2.30. The number of hydrogen-bond acceptors (Lipinski definition) is 4. The van der Waals surface area contributed by atoms with Crippen LogP contribution in [-0.4, -0.2) is 28.6 Å². The lowest BCUT2D eigenvalue weighted by molar-refractivity contribution is -0.121. The maximum absolute atomic E-state index is 11.9. The Balaban J connectivity index is 1.83. The normalized spacial score (nSPS) is 11.7. The summed E-state index contributed by atoms with van der Waals surface area (Å²) in [6.07, 6.45) is 2.73. The van der Waals surface area contributed by atoms with E-state index in [-0.39, 0.29) is 25.0 Å². The van der Waals surface area contributed by atoms with Gasteiger partial charge in [0.15, 0.2) is 0 Å². The minimum absolute atomic E-state index is 0.0391. The molecule has 0 aliphatic rings. The second kappa shape index (κ2) is 8.90. The van der Waals surface area contributed by atoms with Crippen LogP contribution in [0, 0.1) is 0 Å². The first kappa shape index (κ1) is 17.0. The molecule has 1 aromatic heterocycles. The highest BCUT2D eigenvalue weighted by atomic mass is 16.5. The largest absolute Gasteiger partial charge is 0.487 e. The molecule has 0 aliphatic carbocycles. The van der Waals surface area contributed by atoms with Crippen LogP contribution in [-0.2, 0) is 17.8 Å². The molecule has 0 bridgehead atoms. The lowest BCUT2D eigenvalue weighted by atomic mass is 10.1. The van der Waals surface area contributed by atoms with E-state index in [0.717, 1.165) is 17.0 Å². The number of hydrogen-bond donors (Lipinski definition) is 2. The van der Waals surface area contributed by atoms with Crippen LogP contribution in [0.2, 0.25) is 0 Å². The van der Waals surface area contributed by atoms with Crippen molar-refractivity contribution in [1.29, 1.82) is 0 Å². The van der Waals surface area contributed by atoms with E-state index in [1.807, 2.05) is 49.4 Å². The number of benzene rings is 1. The Morgan fingerprint density at radius 3 is 2.65 bits per heavy atom. The lowest BCUT2D eigenvalue weighted by Crippen LogP contribution is -2.37. The van der Waals surface area contributed by atoms with Crippen LogP contribution in [0.5, 0.6) is 5.75 Å². The molecule has 1 amide bonds. The van der Waals surface area contributed by atoms with Gasteiger partial charge in [-0.25, -0.2) is 0 Å². The Labute approximate surface area is 136 Å². The van der Waals surface area contributed by atoms with Gasteiger partial charge >= 0.3 is 0 Å². The maximum atomic E-state index is 11.9. The summed E-state index contributed by atoms with van der Waals surface area (Å²) in [4.78, 5) is 16.1. The number of aromatic nitrogens is 1. The SMILES string of the molecule is CCC(CO)NC(=O)Cc1ccc(OCc2ccccn2)cc1. The summed E-state index contributed by atoms with van der Waals surface area (Å²) < 4.78 is 5.66. The quantitative estimate of drug-likeness (QED) is 0.782. The average Bonchev–Trinajstić information content (AvgIpc) is 2.60. The molecule has 0 saturated heterocycles. The van der Waals surface area contributed by atoms with E-state index in [4.69, 9.17) is 9.84 Å². The molecule has 23 heavy (non-hydrogen) atoms. The highest BCUT2D eigenvalue weighted by Crippen LogP contribution is 2.14. The van der Waals surface area contributed by atoms with Crippen LogP contribution >= 0.6 is 0 Å². The zero-order valence-corrected chi connectivity index (χ0v) is 13.2. The van der Waals surface area contributed by atoms with E-state index in [0.29, 0.717) is 13.0 Å². The van der Waals surface area contributed by atoms with E-state index in [2.05, 4.69) is 10.3 Å². The number of carbonyl (C=O) groups excluding carboxylic acids is 1. The van der Waals surface area contributed by atoms with Crippen molar-refractivity contribution < 1.29 is 14.6 Å². The van der Waals surface area contributed by atoms with Gasteiger partial charge in [-0.2, -0.15) is 0 Å². The van der Waals surface area contributed by atoms with Gasteiger partial charge in [-0.15, -0.1) is 0 Å². The van der Waals surface area contributed by atoms with Crippen molar-refractivity contribution in [2.75, 3.05) is 6.61 Å². The molecule has 1 unspecified atom stereocenters. The average molecular weight is 314 g/mol. The standard InChI is InChI=1S/C18H22N2O3/c1-2-15(12-21)20-18(22)11-14-6-8-17(9-7-14)23-13-16-5-3-4-10-19-16/h3-10,15,21H,2,11-13H2,1H3,(H,20,22). The third-order valence-electron chi connectivity index (χ3n) is 3.48. The van der Waals surface area contributed by atoms with Crippen molar-refractivity contribution in [3.05, 3.63) is 59.9 Å². The smallest absolute Gasteiger partial charge is 0.224 e. The van der Waals surface area contributed by atoms with Crippen LogP contribution in [0.3, 0.4) is 0 Å². The van der Waals surface area contributed by atoms with Gasteiger partial charge < -0.3 is 15.2 Å². The number of nitrogens with zero attached hydrogens (tertiary/aromatic N) is 1. The maximum Gasteiger partial charge on any atom is 0.224 e. The minimum Gasteiger partial charge on any atom is -0.487 e. The molecular formula is C18H22N2O3. The van der Waals surface area contributed by atoms with Crippen LogP contribution in [0.25, 0.3) is 0 Å². The predicted octanol–water partition coefficient (Wildman–Crippen LogP) is 2.09. The number of rotatable bonds is 8. The van der Waals surface area contributed by atoms with Crippen molar-refractivity contribution >= 4 is 5.91 Å². The van der Waals surface area contributed by atoms with Crippen molar-refractivity contribution in [3.8, 4) is 5.75 Å². The number of carbonyl (C=O) groups is 1. The number of aliphatic hydroxyl groups excluding tert-OH is 1. The first-order chi connectivity index (χ1) is 11.2. The molecular weight excluding hydrogens is 292 g/mol. The fourth-order valence-corrected chi connectivity index (χ4v) is 2.09. The minimum atomic E-state index is -0.177. The van der Waals surface area contributed by atoms with Crippen LogP contribution in [0.15, 0.2) is 48.7 Å². The second-order valence-corrected chi connectivity index (χ2v) is 5.29. The van der Waals surface area contributed by atoms with Gasteiger partial charge in [-0.05, 0) is 36.2 Å². The molecule has 5 heteroatoms. The molecule has 2 rings (SSSR count). The Morgan fingerprint density at radius 1 is 1.26 bits per heavy atom. The third kappa shape index (κ3) is 5.71. The van der Waals surface area contributed by atoms with Crippen molar-refractivity contribution in [2.24, 2.45) is 0 Å². The summed E-state index contributed by atoms with van der Waals surface area (Å²) in [7, 11) is 0. The van der Waals surface area contributed by atoms with Gasteiger partial charge in [0, 0.05) is 6.20 Å². The highest BCUT2D eigenvalue weighted by Gasteiger charge is 2.09. The zero-order chi connectivity index (χ0) is 16.5. The summed E-state index contributed by atoms with van der Waals surface area (Å²) in [6, 6.07) is 12.9. The summed E-state index contributed by atoms with van der Waals surface area (Å²) in [5.41, 5.74) is 1.77. The molecule has 0 fully saturated rings. The second-order valence-electron chi connectivity index (χ2n) is 5.29. The number of amides is 1. The molecule has 2 N–H and O–H groups in total. The topological polar surface area (TPSA) is 71.5 Å². The number of aliphatic hydroxyl groups is 1. The molecule has 0 radical (unpaired) electrons. The molecule has 2 aromatic rings. The van der Waals surface area contributed by atoms with Gasteiger partial charge in [0.1, 0.15) is 12.4 Å². The molecule has 1 aromatic carbocycles. The van der Waals surface area contributed by atoms with E-state index in [1.165, 1.54) is 0 Å². The van der Waals surface area contributed by atoms with Crippen LogP contribution < -0.4 is 10.1 Å². The van der Waals surface area contributed by atoms with Crippen molar-refractivity contribution in [2.45, 2.75) is 32.4 Å². The summed E-state index contributed by atoms with van der Waals surface area (Å²) in [5, 5.41) is 11.9. The van der Waals surface area contributed by atoms with E-state index < -0.39 is 0 Å². The molecule has 0 spiro atoms. The molecule has 1 atom stereocenters. The molecule has 122 valence electrons. The molecule has 5 nitrogen and oxygen atoms in total. The van der Waals surface area contributed by atoms with E-state index >= 15 is 0 Å². The Kier molecular flexibility index (Phi) is 6.56. The first-order valence-electron chi connectivity index (χ1n) is 7.73. The molecule has 0 aliphatic heterocycles. The van der Waals surface area contributed by atoms with Crippen molar-refractivity contribution in [1.82, 2.24) is 10.3 Å². The number of ether oxygens (including phenoxy) is 1. The molecule has 0 saturated carbocycles. The Bertz CT molecular complexity index is 595. The number of nitrogens with one attached hydrogen (secondary N) is 1. The predicted molar refractivity (Wildman–Crippen MR) is 88.0 cm³/mol. The van der Waals surface area contributed by atoms with Gasteiger partial charge in [0.2, 0.25) is 5.91 Å². The zero-order valence-electron chi connectivity index (χ0n) is 13.2. The molecule has 1 heterocycles. The Hall–Kier alpha value is -2.40. The van der Waals surface area contributed by atoms with Gasteiger partial charge in [-0.1, -0.05) is 25.1 Å².